The summed E-state index contributed by atoms with van der Waals surface area (Å²) in [5.74, 6) is -1.32. The molecule has 0 aliphatic carbocycles. The van der Waals surface area contributed by atoms with Gasteiger partial charge in [-0.1, -0.05) is 139 Å². The molecule has 74 heavy (non-hydrogen) atoms. The maximum absolute atomic E-state index is 13.6. The molecule has 12 heteroatoms. The number of rotatable bonds is 9. The first-order valence-electron chi connectivity index (χ1n) is 23.0. The summed E-state index contributed by atoms with van der Waals surface area (Å²) in [4.78, 5) is 4.12. The molecule has 0 amide bonds. The van der Waals surface area contributed by atoms with E-state index in [4.69, 9.17) is 0 Å². The molecule has 0 aliphatic rings. The van der Waals surface area contributed by atoms with Crippen LogP contribution in [0.2, 0.25) is 0 Å². The average molecular weight is 1150 g/mol. The molecular formula is C62H40F4IrN7-3. The van der Waals surface area contributed by atoms with E-state index in [1.165, 1.54) is 48.5 Å². The van der Waals surface area contributed by atoms with Crippen LogP contribution >= 0.6 is 0 Å². The number of halogens is 4. The van der Waals surface area contributed by atoms with Gasteiger partial charge in [-0.15, -0.1) is 24.3 Å². The fourth-order valence-electron chi connectivity index (χ4n) is 8.13. The fraction of sp³-hybridized carbons (Fsp3) is 0. The third kappa shape index (κ3) is 11.3. The Bertz CT molecular complexity index is 3230. The van der Waals surface area contributed by atoms with Crippen LogP contribution in [0.5, 0.6) is 0 Å². The Kier molecular flexibility index (Phi) is 15.8. The van der Waals surface area contributed by atoms with Crippen molar-refractivity contribution in [2.45, 2.75) is 0 Å². The Morgan fingerprint density at radius 3 is 1.14 bits per heavy atom. The molecule has 363 valence electrons. The van der Waals surface area contributed by atoms with E-state index in [0.717, 1.165) is 67.8 Å². The average Bonchev–Trinajstić information content (AvgIpc) is 4.24. The van der Waals surface area contributed by atoms with Crippen LogP contribution in [0.1, 0.15) is 0 Å². The van der Waals surface area contributed by atoms with Crippen LogP contribution in [0.15, 0.2) is 243 Å². The SMILES string of the molecule is Fc1c[c-]c(-n2[c-][n+](-c3ccc(F)cc3)c(-c3ccccc3)c2-c2ccccc2)cc1.Fc1c[c-]c(-n2[c-][n+](-c3ccc(F)cc3)c(-c3ccccc3)c2-c2ccccc2)cc1.[Ir].c1ccc(-c2ccn[n-]2)nc1. The van der Waals surface area contributed by atoms with E-state index in [-0.39, 0.29) is 43.4 Å². The minimum absolute atomic E-state index is 0. The largest absolute Gasteiger partial charge is 0.574 e. The zero-order valence-corrected chi connectivity index (χ0v) is 41.5. The molecule has 0 fully saturated rings. The molecule has 0 bridgehead atoms. The molecule has 12 aromatic rings. The van der Waals surface area contributed by atoms with Gasteiger partial charge in [0.25, 0.3) is 12.7 Å². The molecule has 0 saturated heterocycles. The van der Waals surface area contributed by atoms with Crippen molar-refractivity contribution in [2.24, 2.45) is 0 Å². The minimum atomic E-state index is -0.355. The van der Waals surface area contributed by atoms with Crippen molar-refractivity contribution in [1.82, 2.24) is 24.3 Å². The topological polar surface area (TPSA) is 57.5 Å². The number of benzene rings is 8. The maximum Gasteiger partial charge on any atom is 0.268 e. The minimum Gasteiger partial charge on any atom is -0.574 e. The summed E-state index contributed by atoms with van der Waals surface area (Å²) in [6.07, 6.45) is 10.1. The molecular weight excluding hydrogens is 1110 g/mol. The number of hydrogen-bond donors (Lipinski definition) is 0. The normalized spacial score (nSPS) is 10.6. The molecule has 0 aliphatic heterocycles. The van der Waals surface area contributed by atoms with Crippen molar-refractivity contribution in [3.05, 3.63) is 291 Å². The second kappa shape index (κ2) is 23.4. The van der Waals surface area contributed by atoms with Crippen molar-refractivity contribution in [3.63, 3.8) is 0 Å². The molecule has 0 N–H and O–H groups in total. The molecule has 0 spiro atoms. The van der Waals surface area contributed by atoms with E-state index in [1.54, 1.807) is 48.8 Å². The van der Waals surface area contributed by atoms with Gasteiger partial charge in [-0.3, -0.25) is 22.9 Å². The van der Waals surface area contributed by atoms with E-state index in [2.05, 4.69) is 40.0 Å². The third-order valence-corrected chi connectivity index (χ3v) is 11.5. The molecule has 0 saturated carbocycles. The van der Waals surface area contributed by atoms with Crippen LogP contribution in [0.3, 0.4) is 0 Å². The van der Waals surface area contributed by atoms with E-state index in [9.17, 15) is 17.6 Å². The van der Waals surface area contributed by atoms with Gasteiger partial charge in [0, 0.05) is 49.8 Å². The fourth-order valence-corrected chi connectivity index (χ4v) is 8.13. The van der Waals surface area contributed by atoms with Crippen LogP contribution in [0.25, 0.3) is 79.2 Å². The van der Waals surface area contributed by atoms with Gasteiger partial charge >= 0.3 is 0 Å². The first kappa shape index (κ1) is 49.9. The molecule has 4 heterocycles. The Labute approximate surface area is 439 Å². The molecule has 0 unspecified atom stereocenters. The van der Waals surface area contributed by atoms with Gasteiger partial charge in [0.1, 0.15) is 11.6 Å². The Morgan fingerprint density at radius 2 is 0.784 bits per heavy atom. The summed E-state index contributed by atoms with van der Waals surface area (Å²) in [7, 11) is 0. The summed E-state index contributed by atoms with van der Waals surface area (Å²) < 4.78 is 61.9. The van der Waals surface area contributed by atoms with Gasteiger partial charge in [0.15, 0.2) is 0 Å². The number of aromatic nitrogens is 7. The molecule has 8 aromatic carbocycles. The monoisotopic (exact) mass is 1150 g/mol. The molecule has 4 aromatic heterocycles. The summed E-state index contributed by atoms with van der Waals surface area (Å²) in [5.41, 5.74) is 11.9. The Morgan fingerprint density at radius 1 is 0.392 bits per heavy atom. The second-order valence-corrected chi connectivity index (χ2v) is 16.3. The third-order valence-electron chi connectivity index (χ3n) is 11.5. The van der Waals surface area contributed by atoms with Crippen molar-refractivity contribution < 1.29 is 46.8 Å². The number of pyridine rings is 1. The quantitative estimate of drug-likeness (QED) is 0.0822. The first-order chi connectivity index (χ1) is 35.9. The zero-order valence-electron chi connectivity index (χ0n) is 39.1. The summed E-state index contributed by atoms with van der Waals surface area (Å²) in [5, 5.41) is 7.58. The van der Waals surface area contributed by atoms with Crippen LogP contribution in [0.4, 0.5) is 17.6 Å². The molecule has 7 nitrogen and oxygen atoms in total. The van der Waals surface area contributed by atoms with Gasteiger partial charge in [-0.2, -0.15) is 24.3 Å². The van der Waals surface area contributed by atoms with E-state index >= 15 is 0 Å². The summed E-state index contributed by atoms with van der Waals surface area (Å²) in [6.45, 7) is 0. The second-order valence-electron chi connectivity index (χ2n) is 16.3. The van der Waals surface area contributed by atoms with E-state index in [0.29, 0.717) is 11.4 Å². The smallest absolute Gasteiger partial charge is 0.268 e. The van der Waals surface area contributed by atoms with Gasteiger partial charge in [0.05, 0.1) is 34.2 Å². The van der Waals surface area contributed by atoms with Gasteiger partial charge < -0.3 is 19.3 Å². The van der Waals surface area contributed by atoms with Crippen molar-refractivity contribution in [1.29, 1.82) is 0 Å². The predicted molar refractivity (Wildman–Crippen MR) is 272 cm³/mol. The van der Waals surface area contributed by atoms with Crippen LogP contribution in [-0.2, 0) is 20.1 Å². The van der Waals surface area contributed by atoms with E-state index < -0.39 is 0 Å². The zero-order chi connectivity index (χ0) is 49.9. The predicted octanol–water partition coefficient (Wildman–Crippen LogP) is 13.0. The molecule has 12 rings (SSSR count). The van der Waals surface area contributed by atoms with Gasteiger partial charge in [-0.25, -0.2) is 8.78 Å². The number of imidazole rings is 2. The van der Waals surface area contributed by atoms with Crippen molar-refractivity contribution >= 4 is 0 Å². The summed E-state index contributed by atoms with van der Waals surface area (Å²) >= 11 is 0. The van der Waals surface area contributed by atoms with Crippen LogP contribution in [-0.4, -0.2) is 19.2 Å². The standard InChI is InChI=1S/2C27H17F2N2.C8H6N3.Ir/c2*28-22-11-15-24(16-12-22)30-19-31(25-17-13-23(29)14-18-25)27(21-9-5-2-6-10-21)26(30)20-7-3-1-4-8-20;1-2-5-9-7(3-1)8-4-6-10-11-8;/h2*1-17H;1-6H;/q3*-1;. The first-order valence-corrected chi connectivity index (χ1v) is 23.0. The van der Waals surface area contributed by atoms with Gasteiger partial charge in [-0.05, 0) is 94.3 Å². The van der Waals surface area contributed by atoms with E-state index in [1.807, 2.05) is 164 Å². The molecule has 1 radical (unpaired) electrons. The van der Waals surface area contributed by atoms with Crippen LogP contribution in [0, 0.1) is 48.1 Å². The van der Waals surface area contributed by atoms with Crippen molar-refractivity contribution in [2.75, 3.05) is 0 Å². The van der Waals surface area contributed by atoms with Gasteiger partial charge in [0.2, 0.25) is 0 Å². The summed E-state index contributed by atoms with van der Waals surface area (Å²) in [6, 6.07) is 74.6. The maximum atomic E-state index is 13.6. The number of nitrogens with zero attached hydrogens (tertiary/aromatic N) is 7. The molecule has 0 atom stereocenters. The Hall–Kier alpha value is -9.09. The number of hydrogen-bond acceptors (Lipinski definition) is 2. The van der Waals surface area contributed by atoms with Crippen molar-refractivity contribution in [3.8, 4) is 79.2 Å². The Balaban J connectivity index is 0.000000149. The van der Waals surface area contributed by atoms with Crippen LogP contribution < -0.4 is 14.2 Å².